The fourth-order valence-corrected chi connectivity index (χ4v) is 4.63. The molecule has 2 aromatic carbocycles. The summed E-state index contributed by atoms with van der Waals surface area (Å²) in [5, 5.41) is 11.2. The van der Waals surface area contributed by atoms with E-state index < -0.39 is 19.3 Å². The zero-order chi connectivity index (χ0) is 16.4. The maximum atomic E-state index is 12.8. The van der Waals surface area contributed by atoms with Crippen molar-refractivity contribution in [3.05, 3.63) is 70.3 Å². The van der Waals surface area contributed by atoms with E-state index in [-0.39, 0.29) is 16.1 Å². The summed E-state index contributed by atoms with van der Waals surface area (Å²) in [7, 11) is -4.13. The Morgan fingerprint density at radius 2 is 1.71 bits per heavy atom. The molecule has 0 aliphatic heterocycles. The molecule has 0 bridgehead atoms. The number of hydrogen-bond acceptors (Lipinski definition) is 5. The lowest BCUT2D eigenvalue weighted by Gasteiger charge is -2.16. The normalized spacial score (nSPS) is 15.0. The van der Waals surface area contributed by atoms with Crippen molar-refractivity contribution >= 4 is 27.3 Å². The van der Waals surface area contributed by atoms with Gasteiger partial charge in [0, 0.05) is 6.07 Å². The first kappa shape index (κ1) is 14.1. The van der Waals surface area contributed by atoms with Crippen LogP contribution in [0.3, 0.4) is 0 Å². The van der Waals surface area contributed by atoms with Gasteiger partial charge >= 0.3 is 0 Å². The number of nitro groups is 1. The van der Waals surface area contributed by atoms with Gasteiger partial charge in [-0.15, -0.1) is 11.8 Å². The summed E-state index contributed by atoms with van der Waals surface area (Å²) in [5.74, 6) is 0. The number of hydrogen-bond donors (Lipinski definition) is 0. The van der Waals surface area contributed by atoms with E-state index in [0.717, 1.165) is 11.8 Å². The van der Waals surface area contributed by atoms with E-state index in [1.54, 1.807) is 18.2 Å². The van der Waals surface area contributed by atoms with Crippen LogP contribution in [0.5, 0.6) is 0 Å². The van der Waals surface area contributed by atoms with Crippen molar-refractivity contribution < 1.29 is 14.7 Å². The predicted octanol–water partition coefficient (Wildman–Crippen LogP) is 3.43. The zero-order valence-electron chi connectivity index (χ0n) is 12.1. The number of thioether (sulfide) groups is 1. The van der Waals surface area contributed by atoms with Crippen LogP contribution in [0.4, 0.5) is 5.69 Å². The fourth-order valence-electron chi connectivity index (χ4n) is 1.88. The van der Waals surface area contributed by atoms with E-state index in [0.29, 0.717) is 0 Å². The Morgan fingerprint density at radius 1 is 1.14 bits per heavy atom. The van der Waals surface area contributed by atoms with Gasteiger partial charge in [-0.3, -0.25) is 10.1 Å². The van der Waals surface area contributed by atoms with E-state index in [1.807, 2.05) is 0 Å². The second-order valence-electron chi connectivity index (χ2n) is 4.08. The number of benzene rings is 2. The van der Waals surface area contributed by atoms with Crippen molar-refractivity contribution in [3.63, 3.8) is 0 Å². The molecular formula is C14H13NO4S2. The molecule has 5 nitrogen and oxygen atoms in total. The Bertz CT molecular complexity index is 795. The van der Waals surface area contributed by atoms with Crippen LogP contribution in [0.1, 0.15) is 11.5 Å². The van der Waals surface area contributed by atoms with E-state index in [1.165, 1.54) is 42.7 Å². The number of sulfone groups is 1. The molecular weight excluding hydrogens is 310 g/mol. The third-order valence-electron chi connectivity index (χ3n) is 2.80. The van der Waals surface area contributed by atoms with E-state index >= 15 is 0 Å². The topological polar surface area (TPSA) is 77.3 Å². The van der Waals surface area contributed by atoms with E-state index in [9.17, 15) is 18.5 Å². The van der Waals surface area contributed by atoms with Crippen LogP contribution in [-0.2, 0) is 9.84 Å². The average Bonchev–Trinajstić information content (AvgIpc) is 2.54. The van der Waals surface area contributed by atoms with Gasteiger partial charge in [0.05, 0.1) is 16.8 Å². The summed E-state index contributed by atoms with van der Waals surface area (Å²) in [6.07, 6.45) is 1.45. The van der Waals surface area contributed by atoms with Gasteiger partial charge in [-0.25, -0.2) is 8.42 Å². The lowest BCUT2D eigenvalue weighted by molar-refractivity contribution is -0.385. The summed E-state index contributed by atoms with van der Waals surface area (Å²) in [6, 6.07) is 13.0. The molecule has 0 saturated heterocycles. The molecule has 0 spiro atoms. The number of nitrogens with zero attached hydrogens (tertiary/aromatic N) is 1. The highest BCUT2D eigenvalue weighted by Gasteiger charge is 2.33. The molecule has 0 aliphatic rings. The minimum absolute atomic E-state index is 0.0440. The third-order valence-corrected chi connectivity index (χ3v) is 6.15. The van der Waals surface area contributed by atoms with Crippen LogP contribution < -0.4 is 0 Å². The molecule has 21 heavy (non-hydrogen) atoms. The van der Waals surface area contributed by atoms with E-state index in [4.69, 9.17) is 1.37 Å². The summed E-state index contributed by atoms with van der Waals surface area (Å²) >= 11 is 0.733. The Hall–Kier alpha value is -1.86. The fraction of sp³-hybridized carbons (Fsp3) is 0.143. The molecule has 0 aromatic heterocycles. The minimum atomic E-state index is -4.13. The molecule has 2 rings (SSSR count). The number of rotatable bonds is 5. The summed E-state index contributed by atoms with van der Waals surface area (Å²) in [4.78, 5) is 10.5. The Morgan fingerprint density at radius 3 is 2.29 bits per heavy atom. The Balaban J connectivity index is 2.72. The average molecular weight is 324 g/mol. The predicted molar refractivity (Wildman–Crippen MR) is 83.0 cm³/mol. The first-order valence-corrected chi connectivity index (χ1v) is 8.64. The Kier molecular flexibility index (Phi) is 4.21. The van der Waals surface area contributed by atoms with Crippen LogP contribution in [0.15, 0.2) is 59.5 Å². The summed E-state index contributed by atoms with van der Waals surface area (Å²) in [5.41, 5.74) is -0.539. The first-order valence-electron chi connectivity index (χ1n) is 6.43. The summed E-state index contributed by atoms with van der Waals surface area (Å²) in [6.45, 7) is 0. The van der Waals surface area contributed by atoms with Crippen molar-refractivity contribution in [2.45, 2.75) is 9.45 Å². The number of para-hydroxylation sites is 1. The lowest BCUT2D eigenvalue weighted by Crippen LogP contribution is -2.12. The maximum absolute atomic E-state index is 12.8. The highest BCUT2D eigenvalue weighted by molar-refractivity contribution is 8.12. The van der Waals surface area contributed by atoms with Crippen LogP contribution in [-0.4, -0.2) is 19.6 Å². The maximum Gasteiger partial charge on any atom is 0.274 e. The quantitative estimate of drug-likeness (QED) is 0.622. The molecule has 1 unspecified atom stereocenters. The standard InChI is InChI=1S/C14H13NO4S2/c1-20-14(12-9-5-6-10-13(12)15(16)17)21(18,19)11-7-3-2-4-8-11/h2-10,14H,1H3/i14D. The van der Waals surface area contributed by atoms with Gasteiger partial charge in [0.25, 0.3) is 5.69 Å². The molecule has 110 valence electrons. The van der Waals surface area contributed by atoms with Crippen molar-refractivity contribution in [2.75, 3.05) is 6.26 Å². The van der Waals surface area contributed by atoms with Gasteiger partial charge in [0.15, 0.2) is 9.84 Å². The summed E-state index contributed by atoms with van der Waals surface area (Å²) < 4.78 is 31.9. The third kappa shape index (κ3) is 3.08. The Labute approximate surface area is 128 Å². The van der Waals surface area contributed by atoms with Gasteiger partial charge in [-0.05, 0) is 24.5 Å². The zero-order valence-corrected chi connectivity index (χ0v) is 12.7. The van der Waals surface area contributed by atoms with Crippen molar-refractivity contribution in [1.82, 2.24) is 0 Å². The van der Waals surface area contributed by atoms with Crippen molar-refractivity contribution in [3.8, 4) is 0 Å². The van der Waals surface area contributed by atoms with Crippen LogP contribution in [0.25, 0.3) is 0 Å². The monoisotopic (exact) mass is 324 g/mol. The lowest BCUT2D eigenvalue weighted by atomic mass is 10.2. The van der Waals surface area contributed by atoms with Crippen LogP contribution >= 0.6 is 11.8 Å². The molecule has 7 heteroatoms. The highest BCUT2D eigenvalue weighted by atomic mass is 32.3. The molecule has 0 aliphatic carbocycles. The second kappa shape index (κ2) is 6.28. The second-order valence-corrected chi connectivity index (χ2v) is 7.04. The molecule has 1 atom stereocenters. The van der Waals surface area contributed by atoms with Crippen molar-refractivity contribution in [2.24, 2.45) is 0 Å². The molecule has 0 radical (unpaired) electrons. The first-order chi connectivity index (χ1) is 10.3. The van der Waals surface area contributed by atoms with Crippen LogP contribution in [0.2, 0.25) is 0 Å². The molecule has 0 heterocycles. The van der Waals surface area contributed by atoms with Gasteiger partial charge in [-0.1, -0.05) is 30.3 Å². The molecule has 0 fully saturated rings. The molecule has 0 saturated carbocycles. The van der Waals surface area contributed by atoms with E-state index in [2.05, 4.69) is 0 Å². The van der Waals surface area contributed by atoms with Crippen molar-refractivity contribution in [1.29, 1.82) is 0 Å². The largest absolute Gasteiger partial charge is 0.274 e. The number of nitro benzene ring substituents is 1. The minimum Gasteiger partial charge on any atom is -0.258 e. The highest BCUT2D eigenvalue weighted by Crippen LogP contribution is 2.40. The molecule has 2 aromatic rings. The SMILES string of the molecule is [2H]C(SC)(c1ccccc1[N+](=O)[O-])S(=O)(=O)c1ccccc1. The van der Waals surface area contributed by atoms with Crippen LogP contribution in [0, 0.1) is 10.1 Å². The van der Waals surface area contributed by atoms with Gasteiger partial charge < -0.3 is 0 Å². The smallest absolute Gasteiger partial charge is 0.258 e. The molecule has 0 amide bonds. The van der Waals surface area contributed by atoms with Gasteiger partial charge in [0.1, 0.15) is 4.56 Å². The van der Waals surface area contributed by atoms with Gasteiger partial charge in [0.2, 0.25) is 0 Å². The molecule has 0 N–H and O–H groups in total. The van der Waals surface area contributed by atoms with Gasteiger partial charge in [-0.2, -0.15) is 0 Å².